The number of hydrogen-bond donors (Lipinski definition) is 2. The van der Waals surface area contributed by atoms with Crippen molar-refractivity contribution in [1.29, 1.82) is 0 Å². The molecule has 0 spiro atoms. The van der Waals surface area contributed by atoms with Gasteiger partial charge < -0.3 is 20.1 Å². The topological polar surface area (TPSA) is 109 Å². The van der Waals surface area contributed by atoms with Crippen molar-refractivity contribution in [3.8, 4) is 16.9 Å². The van der Waals surface area contributed by atoms with E-state index in [1.165, 1.54) is 23.2 Å². The van der Waals surface area contributed by atoms with Crippen molar-refractivity contribution >= 4 is 17.6 Å². The Morgan fingerprint density at radius 3 is 2.67 bits per heavy atom. The maximum Gasteiger partial charge on any atom is 0.254 e. The van der Waals surface area contributed by atoms with Crippen LogP contribution in [-0.4, -0.2) is 57.8 Å². The molecule has 0 bridgehead atoms. The van der Waals surface area contributed by atoms with E-state index in [0.717, 1.165) is 11.1 Å². The summed E-state index contributed by atoms with van der Waals surface area (Å²) >= 11 is 0. The number of phenolic OH excluding ortho intramolecular Hbond substituents is 1. The summed E-state index contributed by atoms with van der Waals surface area (Å²) in [6, 6.07) is 16.0. The summed E-state index contributed by atoms with van der Waals surface area (Å²) in [4.78, 5) is 45.4. The maximum atomic E-state index is 13.8. The van der Waals surface area contributed by atoms with E-state index < -0.39 is 18.0 Å². The molecule has 0 aliphatic carbocycles. The van der Waals surface area contributed by atoms with Crippen LogP contribution in [0, 0.1) is 0 Å². The molecule has 2 aliphatic rings. The number of aromatic hydroxyl groups is 1. The molecule has 0 radical (unpaired) electrons. The summed E-state index contributed by atoms with van der Waals surface area (Å²) in [6.45, 7) is 0.289. The lowest BCUT2D eigenvalue weighted by molar-refractivity contribution is -0.139. The van der Waals surface area contributed by atoms with Gasteiger partial charge in [0, 0.05) is 25.4 Å². The number of Topliss-reactive ketones (excluding diaryl/α,β-unsaturated/α-hetero) is 1. The van der Waals surface area contributed by atoms with Crippen LogP contribution in [0.3, 0.4) is 0 Å². The summed E-state index contributed by atoms with van der Waals surface area (Å²) in [7, 11) is 0. The van der Waals surface area contributed by atoms with Gasteiger partial charge in [0.1, 0.15) is 24.2 Å². The fraction of sp³-hybridized carbons (Fsp3) is 0.214. The van der Waals surface area contributed by atoms with E-state index in [1.54, 1.807) is 24.4 Å². The maximum absolute atomic E-state index is 13.8. The highest BCUT2D eigenvalue weighted by Crippen LogP contribution is 2.27. The number of amides is 2. The molecule has 1 aromatic heterocycles. The molecule has 1 fully saturated rings. The van der Waals surface area contributed by atoms with Gasteiger partial charge in [-0.25, -0.2) is 0 Å². The first-order chi connectivity index (χ1) is 17.5. The first kappa shape index (κ1) is 23.3. The molecule has 3 heterocycles. The fourth-order valence-electron chi connectivity index (χ4n) is 4.63. The molecule has 36 heavy (non-hydrogen) atoms. The Balaban J connectivity index is 1.45. The lowest BCUT2D eigenvalue weighted by atomic mass is 9.98. The highest BCUT2D eigenvalue weighted by molar-refractivity contribution is 6.03. The predicted octanol–water partition coefficient (Wildman–Crippen LogP) is 2.88. The van der Waals surface area contributed by atoms with Crippen molar-refractivity contribution in [1.82, 2.24) is 15.2 Å². The van der Waals surface area contributed by atoms with Gasteiger partial charge in [-0.2, -0.15) is 0 Å². The van der Waals surface area contributed by atoms with Crippen LogP contribution in [0.5, 0.6) is 5.75 Å². The molecule has 1 saturated heterocycles. The number of carbonyl (C=O) groups excluding carboxylic acids is 3. The minimum absolute atomic E-state index is 0.0641. The highest BCUT2D eigenvalue weighted by Gasteiger charge is 2.42. The Kier molecular flexibility index (Phi) is 6.49. The number of hydrogen-bond acceptors (Lipinski definition) is 6. The number of ether oxygens (including phenoxy) is 1. The molecule has 0 saturated carbocycles. The number of nitrogens with one attached hydrogen (secondary N) is 1. The van der Waals surface area contributed by atoms with Crippen molar-refractivity contribution in [3.05, 3.63) is 96.0 Å². The van der Waals surface area contributed by atoms with Crippen LogP contribution in [0.2, 0.25) is 0 Å². The molecular weight excluding hydrogens is 458 g/mol. The monoisotopic (exact) mass is 483 g/mol. The van der Waals surface area contributed by atoms with E-state index in [0.29, 0.717) is 29.9 Å². The second-order valence-electron chi connectivity index (χ2n) is 8.77. The first-order valence-electron chi connectivity index (χ1n) is 11.8. The number of nitrogens with zero attached hydrogens (tertiary/aromatic N) is 2. The van der Waals surface area contributed by atoms with Gasteiger partial charge in [0.2, 0.25) is 5.91 Å². The molecule has 5 rings (SSSR count). The van der Waals surface area contributed by atoms with E-state index in [1.807, 2.05) is 36.4 Å². The summed E-state index contributed by atoms with van der Waals surface area (Å²) in [5.74, 6) is -0.388. The minimum atomic E-state index is -0.946. The standard InChI is InChI=1S/C28H25N3O5/c32-20-10-8-18(9-11-20)15-23(28(35)31-14-4-7-25-26(31)24(33)17-36-25)30-27(34)22-16-29-13-12-21(22)19-5-2-1-3-6-19/h1-3,5-13,16,23,26,32H,4,14-15,17H2,(H,30,34). The van der Waals surface area contributed by atoms with Crippen molar-refractivity contribution < 1.29 is 24.2 Å². The van der Waals surface area contributed by atoms with E-state index >= 15 is 0 Å². The Bertz CT molecular complexity index is 1320. The molecule has 182 valence electrons. The molecule has 2 unspecified atom stereocenters. The molecule has 8 heteroatoms. The third kappa shape index (κ3) is 4.70. The normalized spacial score (nSPS) is 17.6. The fourth-order valence-corrected chi connectivity index (χ4v) is 4.63. The number of phenols is 1. The Morgan fingerprint density at radius 2 is 1.89 bits per heavy atom. The van der Waals surface area contributed by atoms with Gasteiger partial charge in [0.25, 0.3) is 5.91 Å². The number of aromatic nitrogens is 1. The number of pyridine rings is 1. The summed E-state index contributed by atoms with van der Waals surface area (Å²) in [5.41, 5.74) is 2.64. The number of rotatable bonds is 6. The number of fused-ring (bicyclic) bond motifs is 1. The third-order valence-electron chi connectivity index (χ3n) is 6.40. The number of benzene rings is 2. The van der Waals surface area contributed by atoms with Gasteiger partial charge in [-0.05, 0) is 47.4 Å². The van der Waals surface area contributed by atoms with Gasteiger partial charge >= 0.3 is 0 Å². The average molecular weight is 484 g/mol. The first-order valence-corrected chi connectivity index (χ1v) is 11.8. The Hall–Kier alpha value is -4.46. The van der Waals surface area contributed by atoms with Crippen LogP contribution in [0.4, 0.5) is 0 Å². The Labute approximate surface area is 208 Å². The molecular formula is C28H25N3O5. The second kappa shape index (κ2) is 10.0. The molecule has 2 N–H and O–H groups in total. The van der Waals surface area contributed by atoms with Gasteiger partial charge in [-0.3, -0.25) is 19.4 Å². The van der Waals surface area contributed by atoms with E-state index in [-0.39, 0.29) is 30.5 Å². The zero-order chi connectivity index (χ0) is 25.1. The second-order valence-corrected chi connectivity index (χ2v) is 8.77. The molecule has 8 nitrogen and oxygen atoms in total. The molecule has 3 aromatic rings. The number of carbonyl (C=O) groups is 3. The number of ketones is 1. The smallest absolute Gasteiger partial charge is 0.254 e. The van der Waals surface area contributed by atoms with Crippen LogP contribution in [0.1, 0.15) is 22.3 Å². The van der Waals surface area contributed by atoms with E-state index in [2.05, 4.69) is 10.3 Å². The quantitative estimate of drug-likeness (QED) is 0.558. The summed E-state index contributed by atoms with van der Waals surface area (Å²) in [5, 5.41) is 12.6. The zero-order valence-corrected chi connectivity index (χ0v) is 19.5. The lowest BCUT2D eigenvalue weighted by Crippen LogP contribution is -2.55. The predicted molar refractivity (Wildman–Crippen MR) is 132 cm³/mol. The third-order valence-corrected chi connectivity index (χ3v) is 6.40. The lowest BCUT2D eigenvalue weighted by Gasteiger charge is -2.33. The Morgan fingerprint density at radius 1 is 1.11 bits per heavy atom. The summed E-state index contributed by atoms with van der Waals surface area (Å²) < 4.78 is 5.47. The van der Waals surface area contributed by atoms with Gasteiger partial charge in [-0.15, -0.1) is 0 Å². The average Bonchev–Trinajstić information content (AvgIpc) is 3.30. The van der Waals surface area contributed by atoms with Crippen LogP contribution in [-0.2, 0) is 20.7 Å². The van der Waals surface area contributed by atoms with Crippen molar-refractivity contribution in [2.24, 2.45) is 0 Å². The molecule has 2 aliphatic heterocycles. The summed E-state index contributed by atoms with van der Waals surface area (Å²) in [6.07, 6.45) is 5.69. The van der Waals surface area contributed by atoms with Crippen molar-refractivity contribution in [3.63, 3.8) is 0 Å². The van der Waals surface area contributed by atoms with Crippen LogP contribution < -0.4 is 5.32 Å². The molecule has 2 amide bonds. The van der Waals surface area contributed by atoms with E-state index in [9.17, 15) is 19.5 Å². The highest BCUT2D eigenvalue weighted by atomic mass is 16.5. The minimum Gasteiger partial charge on any atom is -0.508 e. The zero-order valence-electron chi connectivity index (χ0n) is 19.5. The van der Waals surface area contributed by atoms with Crippen LogP contribution in [0.25, 0.3) is 11.1 Å². The van der Waals surface area contributed by atoms with Gasteiger partial charge in [-0.1, -0.05) is 42.5 Å². The molecule has 2 aromatic carbocycles. The van der Waals surface area contributed by atoms with Crippen molar-refractivity contribution in [2.45, 2.75) is 24.9 Å². The van der Waals surface area contributed by atoms with E-state index in [4.69, 9.17) is 4.74 Å². The van der Waals surface area contributed by atoms with Gasteiger partial charge in [0.05, 0.1) is 5.56 Å². The van der Waals surface area contributed by atoms with Crippen LogP contribution >= 0.6 is 0 Å². The van der Waals surface area contributed by atoms with Crippen molar-refractivity contribution in [2.75, 3.05) is 13.2 Å². The van der Waals surface area contributed by atoms with Crippen LogP contribution in [0.15, 0.2) is 84.9 Å². The largest absolute Gasteiger partial charge is 0.508 e. The molecule has 2 atom stereocenters. The SMILES string of the molecule is O=C(NC(Cc1ccc(O)cc1)C(=O)N1CCC=C2OCC(=O)C21)c1cnccc1-c1ccccc1. The van der Waals surface area contributed by atoms with Gasteiger partial charge in [0.15, 0.2) is 11.8 Å².